The van der Waals surface area contributed by atoms with E-state index in [0.29, 0.717) is 5.92 Å². The fourth-order valence-corrected chi connectivity index (χ4v) is 1.59. The largest absolute Gasteiger partial charge is 0.427 e. The lowest BCUT2D eigenvalue weighted by Crippen LogP contribution is -2.12. The van der Waals surface area contributed by atoms with Gasteiger partial charge >= 0.3 is 5.63 Å². The molecule has 0 N–H and O–H groups in total. The van der Waals surface area contributed by atoms with Crippen LogP contribution in [0.4, 0.5) is 0 Å². The van der Waals surface area contributed by atoms with E-state index in [1.54, 1.807) is 0 Å². The number of rotatable bonds is 3. The third-order valence-electron chi connectivity index (χ3n) is 2.26. The van der Waals surface area contributed by atoms with Gasteiger partial charge in [-0.1, -0.05) is 20.8 Å². The zero-order valence-electron chi connectivity index (χ0n) is 9.39. The molecular weight excluding hydrogens is 176 g/mol. The van der Waals surface area contributed by atoms with Crippen LogP contribution in [-0.4, -0.2) is 0 Å². The van der Waals surface area contributed by atoms with Crippen molar-refractivity contribution >= 4 is 0 Å². The van der Waals surface area contributed by atoms with Gasteiger partial charge in [0.25, 0.3) is 0 Å². The number of hydrogen-bond acceptors (Lipinski definition) is 2. The van der Waals surface area contributed by atoms with Crippen LogP contribution >= 0.6 is 0 Å². The molecule has 0 amide bonds. The Morgan fingerprint density at radius 2 is 2.07 bits per heavy atom. The summed E-state index contributed by atoms with van der Waals surface area (Å²) in [7, 11) is 0. The van der Waals surface area contributed by atoms with Crippen molar-refractivity contribution in [2.24, 2.45) is 5.92 Å². The Hall–Kier alpha value is -1.05. The highest BCUT2D eigenvalue weighted by Gasteiger charge is 2.08. The van der Waals surface area contributed by atoms with Gasteiger partial charge in [0.1, 0.15) is 5.76 Å². The van der Waals surface area contributed by atoms with Gasteiger partial charge in [-0.3, -0.25) is 0 Å². The Morgan fingerprint density at radius 1 is 1.43 bits per heavy atom. The second kappa shape index (κ2) is 4.45. The van der Waals surface area contributed by atoms with Crippen molar-refractivity contribution in [3.63, 3.8) is 0 Å². The lowest BCUT2D eigenvalue weighted by atomic mass is 10.0. The molecule has 14 heavy (non-hydrogen) atoms. The maximum absolute atomic E-state index is 11.5. The molecule has 0 spiro atoms. The van der Waals surface area contributed by atoms with E-state index in [4.69, 9.17) is 4.42 Å². The van der Waals surface area contributed by atoms with E-state index in [0.717, 1.165) is 29.7 Å². The van der Waals surface area contributed by atoms with Crippen molar-refractivity contribution in [2.75, 3.05) is 0 Å². The third kappa shape index (κ3) is 2.47. The maximum Gasteiger partial charge on any atom is 0.339 e. The summed E-state index contributed by atoms with van der Waals surface area (Å²) in [5.41, 5.74) is 1.72. The minimum Gasteiger partial charge on any atom is -0.427 e. The summed E-state index contributed by atoms with van der Waals surface area (Å²) < 4.78 is 5.23. The van der Waals surface area contributed by atoms with Gasteiger partial charge < -0.3 is 4.42 Å². The van der Waals surface area contributed by atoms with Crippen LogP contribution in [0.2, 0.25) is 0 Å². The molecule has 2 heteroatoms. The maximum atomic E-state index is 11.5. The molecule has 2 nitrogen and oxygen atoms in total. The molecule has 0 aliphatic carbocycles. The quantitative estimate of drug-likeness (QED) is 0.740. The fourth-order valence-electron chi connectivity index (χ4n) is 1.59. The van der Waals surface area contributed by atoms with E-state index in [9.17, 15) is 4.79 Å². The van der Waals surface area contributed by atoms with E-state index >= 15 is 0 Å². The monoisotopic (exact) mass is 194 g/mol. The Bertz CT molecular complexity index is 361. The van der Waals surface area contributed by atoms with Crippen molar-refractivity contribution in [1.82, 2.24) is 0 Å². The summed E-state index contributed by atoms with van der Waals surface area (Å²) in [6.07, 6.45) is 1.58. The van der Waals surface area contributed by atoms with Crippen LogP contribution < -0.4 is 5.63 Å². The topological polar surface area (TPSA) is 30.2 Å². The Morgan fingerprint density at radius 3 is 2.57 bits per heavy atom. The van der Waals surface area contributed by atoms with Crippen molar-refractivity contribution < 1.29 is 4.42 Å². The van der Waals surface area contributed by atoms with Gasteiger partial charge in [0.15, 0.2) is 0 Å². The van der Waals surface area contributed by atoms with Crippen molar-refractivity contribution in [3.05, 3.63) is 33.4 Å². The molecule has 0 aliphatic heterocycles. The highest BCUT2D eigenvalue weighted by molar-refractivity contribution is 5.21. The average molecular weight is 194 g/mol. The molecule has 0 aliphatic rings. The van der Waals surface area contributed by atoms with E-state index in [-0.39, 0.29) is 5.63 Å². The van der Waals surface area contributed by atoms with Crippen LogP contribution in [0, 0.1) is 12.8 Å². The molecule has 0 bridgehead atoms. The van der Waals surface area contributed by atoms with E-state index in [2.05, 4.69) is 13.8 Å². The predicted molar refractivity (Wildman–Crippen MR) is 57.6 cm³/mol. The van der Waals surface area contributed by atoms with Gasteiger partial charge in [0, 0.05) is 12.0 Å². The molecule has 78 valence electrons. The average Bonchev–Trinajstić information content (AvgIpc) is 2.10. The van der Waals surface area contributed by atoms with Crippen LogP contribution in [0.15, 0.2) is 15.3 Å². The van der Waals surface area contributed by atoms with Crippen LogP contribution in [0.1, 0.15) is 37.7 Å². The third-order valence-corrected chi connectivity index (χ3v) is 2.26. The predicted octanol–water partition coefficient (Wildman–Crippen LogP) is 2.71. The van der Waals surface area contributed by atoms with Gasteiger partial charge in [0.2, 0.25) is 0 Å². The van der Waals surface area contributed by atoms with Crippen LogP contribution in [0.3, 0.4) is 0 Å². The molecular formula is C12H18O2. The Kier molecular flexibility index (Phi) is 3.50. The first-order valence-corrected chi connectivity index (χ1v) is 5.17. The molecule has 1 heterocycles. The lowest BCUT2D eigenvalue weighted by Gasteiger charge is -2.06. The van der Waals surface area contributed by atoms with E-state index in [1.165, 1.54) is 0 Å². The first-order chi connectivity index (χ1) is 6.54. The van der Waals surface area contributed by atoms with Crippen LogP contribution in [0.5, 0.6) is 0 Å². The SMILES string of the molecule is CCc1oc(=O)c(CC(C)C)cc1C. The molecule has 1 rings (SSSR count). The molecule has 1 aromatic rings. The number of hydrogen-bond donors (Lipinski definition) is 0. The Balaban J connectivity index is 3.09. The minimum absolute atomic E-state index is 0.166. The summed E-state index contributed by atoms with van der Waals surface area (Å²) in [4.78, 5) is 11.5. The molecule has 0 fully saturated rings. The minimum atomic E-state index is -0.166. The smallest absolute Gasteiger partial charge is 0.339 e. The summed E-state index contributed by atoms with van der Waals surface area (Å²) >= 11 is 0. The second-order valence-electron chi connectivity index (χ2n) is 4.12. The molecule has 0 radical (unpaired) electrons. The molecule has 1 aromatic heterocycles. The summed E-state index contributed by atoms with van der Waals surface area (Å²) in [6, 6.07) is 1.96. The zero-order valence-corrected chi connectivity index (χ0v) is 9.39. The lowest BCUT2D eigenvalue weighted by molar-refractivity contribution is 0.447. The summed E-state index contributed by atoms with van der Waals surface area (Å²) in [6.45, 7) is 8.18. The van der Waals surface area contributed by atoms with Crippen molar-refractivity contribution in [2.45, 2.75) is 40.5 Å². The molecule has 0 saturated heterocycles. The van der Waals surface area contributed by atoms with Gasteiger partial charge in [-0.05, 0) is 30.9 Å². The van der Waals surface area contributed by atoms with E-state index < -0.39 is 0 Å². The number of aryl methyl sites for hydroxylation is 2. The summed E-state index contributed by atoms with van der Waals surface area (Å²) in [5.74, 6) is 1.30. The summed E-state index contributed by atoms with van der Waals surface area (Å²) in [5, 5.41) is 0. The first-order valence-electron chi connectivity index (χ1n) is 5.17. The standard InChI is InChI=1S/C12H18O2/c1-5-11-9(4)7-10(6-8(2)3)12(13)14-11/h7-8H,5-6H2,1-4H3. The van der Waals surface area contributed by atoms with Crippen LogP contribution in [-0.2, 0) is 12.8 Å². The van der Waals surface area contributed by atoms with Crippen molar-refractivity contribution in [3.8, 4) is 0 Å². The normalized spacial score (nSPS) is 10.9. The van der Waals surface area contributed by atoms with Gasteiger partial charge in [0.05, 0.1) is 0 Å². The zero-order chi connectivity index (χ0) is 10.7. The molecule has 0 unspecified atom stereocenters. The highest BCUT2D eigenvalue weighted by atomic mass is 16.4. The molecule has 0 saturated carbocycles. The van der Waals surface area contributed by atoms with Crippen molar-refractivity contribution in [1.29, 1.82) is 0 Å². The first kappa shape index (κ1) is 11.0. The highest BCUT2D eigenvalue weighted by Crippen LogP contribution is 2.10. The van der Waals surface area contributed by atoms with Crippen LogP contribution in [0.25, 0.3) is 0 Å². The molecule has 0 atom stereocenters. The molecule has 0 aromatic carbocycles. The Labute approximate surface area is 85.0 Å². The van der Waals surface area contributed by atoms with Gasteiger partial charge in [-0.2, -0.15) is 0 Å². The fraction of sp³-hybridized carbons (Fsp3) is 0.583. The van der Waals surface area contributed by atoms with Gasteiger partial charge in [-0.25, -0.2) is 4.79 Å². The second-order valence-corrected chi connectivity index (χ2v) is 4.12. The van der Waals surface area contributed by atoms with E-state index in [1.807, 2.05) is 19.9 Å². The van der Waals surface area contributed by atoms with Gasteiger partial charge in [-0.15, -0.1) is 0 Å².